The number of rotatable bonds is 9. The van der Waals surface area contributed by atoms with Crippen LogP contribution in [0.3, 0.4) is 0 Å². The molecule has 218 valence electrons. The average Bonchev–Trinajstić information content (AvgIpc) is 3.44. The van der Waals surface area contributed by atoms with Gasteiger partial charge in [-0.15, -0.1) is 10.2 Å². The van der Waals surface area contributed by atoms with Gasteiger partial charge in [0.15, 0.2) is 23.6 Å². The molecular weight excluding hydrogens is 607 g/mol. The average molecular weight is 624 g/mol. The molecule has 0 fully saturated rings. The summed E-state index contributed by atoms with van der Waals surface area (Å²) in [6.45, 7) is -1.81. The molecule has 1 N–H and O–H groups in total. The fourth-order valence-corrected chi connectivity index (χ4v) is 3.90. The minimum absolute atomic E-state index is 0.00342. The number of pyridine rings is 1. The van der Waals surface area contributed by atoms with E-state index in [2.05, 4.69) is 20.2 Å². The van der Waals surface area contributed by atoms with Gasteiger partial charge in [0.25, 0.3) is 0 Å². The van der Waals surface area contributed by atoms with E-state index in [0.717, 1.165) is 4.68 Å². The summed E-state index contributed by atoms with van der Waals surface area (Å²) in [5.74, 6) is -2.15. The Morgan fingerprint density at radius 2 is 1.71 bits per heavy atom. The van der Waals surface area contributed by atoms with E-state index >= 15 is 0 Å². The lowest BCUT2D eigenvalue weighted by Crippen LogP contribution is -2.37. The van der Waals surface area contributed by atoms with Gasteiger partial charge in [-0.25, -0.2) is 19.1 Å². The van der Waals surface area contributed by atoms with Crippen LogP contribution in [0.5, 0.6) is 0 Å². The maximum absolute atomic E-state index is 13.1. The van der Waals surface area contributed by atoms with Gasteiger partial charge in [0.05, 0.1) is 24.2 Å². The first-order valence-electron chi connectivity index (χ1n) is 11.5. The summed E-state index contributed by atoms with van der Waals surface area (Å²) in [5.41, 5.74) is -0.918. The summed E-state index contributed by atoms with van der Waals surface area (Å²) in [4.78, 5) is 33.7. The van der Waals surface area contributed by atoms with Gasteiger partial charge in [0.2, 0.25) is 5.78 Å². The number of carbonyl (C=O) groups is 1. The summed E-state index contributed by atoms with van der Waals surface area (Å²) >= 11 is 12.0. The molecule has 0 saturated heterocycles. The van der Waals surface area contributed by atoms with E-state index in [0.29, 0.717) is 14.3 Å². The van der Waals surface area contributed by atoms with Crippen molar-refractivity contribution in [2.24, 2.45) is 0 Å². The fourth-order valence-electron chi connectivity index (χ4n) is 3.59. The molecular formula is C23H17Cl2F6N7O3. The summed E-state index contributed by atoms with van der Waals surface area (Å²) in [7, 11) is 0. The Bertz CT molecular complexity index is 1610. The molecule has 4 aromatic rings. The third kappa shape index (κ3) is 7.12. The van der Waals surface area contributed by atoms with Crippen LogP contribution >= 0.6 is 23.2 Å². The number of nitrogens with zero attached hydrogens (tertiary/aromatic N) is 7. The number of halogens is 8. The van der Waals surface area contributed by atoms with E-state index in [1.165, 1.54) is 42.7 Å². The van der Waals surface area contributed by atoms with Crippen molar-refractivity contribution in [2.45, 2.75) is 44.4 Å². The van der Waals surface area contributed by atoms with E-state index in [1.807, 2.05) is 0 Å². The first-order chi connectivity index (χ1) is 19.1. The van der Waals surface area contributed by atoms with E-state index in [-0.39, 0.29) is 27.9 Å². The Balaban J connectivity index is 1.77. The van der Waals surface area contributed by atoms with E-state index < -0.39 is 61.7 Å². The Morgan fingerprint density at radius 1 is 1.02 bits per heavy atom. The van der Waals surface area contributed by atoms with Crippen molar-refractivity contribution in [1.29, 1.82) is 0 Å². The predicted octanol–water partition coefficient (Wildman–Crippen LogP) is 4.49. The highest BCUT2D eigenvalue weighted by Crippen LogP contribution is 2.26. The number of hydrogen-bond donors (Lipinski definition) is 1. The van der Waals surface area contributed by atoms with Gasteiger partial charge in [-0.3, -0.25) is 14.3 Å². The van der Waals surface area contributed by atoms with Crippen LogP contribution in [-0.2, 0) is 13.1 Å². The molecule has 0 bridgehead atoms. The molecule has 0 aliphatic carbocycles. The lowest BCUT2D eigenvalue weighted by molar-refractivity contribution is -0.207. The van der Waals surface area contributed by atoms with Crippen LogP contribution in [0.4, 0.5) is 26.3 Å². The zero-order valence-corrected chi connectivity index (χ0v) is 21.9. The minimum atomic E-state index is -5.05. The van der Waals surface area contributed by atoms with Crippen molar-refractivity contribution >= 4 is 29.0 Å². The van der Waals surface area contributed by atoms with Crippen LogP contribution < -0.4 is 5.69 Å². The van der Waals surface area contributed by atoms with Crippen LogP contribution in [0.25, 0.3) is 17.1 Å². The number of carbonyl (C=O) groups excluding carboxylic acids is 1. The molecule has 0 amide bonds. The number of aliphatic hydroxyl groups excluding tert-OH is 1. The molecule has 41 heavy (non-hydrogen) atoms. The molecule has 1 aromatic carbocycles. The number of ketones is 1. The number of aromatic nitrogens is 7. The number of hydrogen-bond acceptors (Lipinski definition) is 7. The van der Waals surface area contributed by atoms with Crippen LogP contribution in [0.15, 0.2) is 47.5 Å². The van der Waals surface area contributed by atoms with Crippen molar-refractivity contribution in [3.8, 4) is 17.1 Å². The van der Waals surface area contributed by atoms with Crippen molar-refractivity contribution in [2.75, 3.05) is 0 Å². The summed E-state index contributed by atoms with van der Waals surface area (Å²) in [5, 5.41) is 18.1. The number of alkyl halides is 6. The van der Waals surface area contributed by atoms with Crippen molar-refractivity contribution in [3.05, 3.63) is 74.9 Å². The maximum atomic E-state index is 13.1. The van der Waals surface area contributed by atoms with Crippen molar-refractivity contribution in [1.82, 2.24) is 34.1 Å². The van der Waals surface area contributed by atoms with E-state index in [4.69, 9.17) is 23.2 Å². The van der Waals surface area contributed by atoms with Crippen LogP contribution in [0.2, 0.25) is 10.0 Å². The first-order valence-corrected chi connectivity index (χ1v) is 12.2. The predicted molar refractivity (Wildman–Crippen MR) is 132 cm³/mol. The lowest BCUT2D eigenvalue weighted by atomic mass is 10.2. The lowest BCUT2D eigenvalue weighted by Gasteiger charge is -2.15. The quantitative estimate of drug-likeness (QED) is 0.215. The standard InChI is InChI=1S/C23H17Cl2F6N7O3/c24-13-3-1-12(2-4-13)19-35-37(21(41)36(19)10-17(40)23(29,30)31)11-18-33-20(16(39)5-7-22(26,27)28)38(34-18)15-9-32-8-6-14(15)25/h1-4,6,8-9,17,40H,5,7,10-11H2/t17-/m0/s1. The van der Waals surface area contributed by atoms with Gasteiger partial charge in [-0.2, -0.15) is 26.3 Å². The number of Topliss-reactive ketones (excluding diaryl/α,β-unsaturated/α-hetero) is 1. The van der Waals surface area contributed by atoms with Crippen LogP contribution in [0, 0.1) is 0 Å². The van der Waals surface area contributed by atoms with Crippen LogP contribution in [-0.4, -0.2) is 63.4 Å². The Labute approximate surface area is 235 Å². The number of benzene rings is 1. The molecule has 10 nitrogen and oxygen atoms in total. The topological polar surface area (TPSA) is 121 Å². The van der Waals surface area contributed by atoms with Gasteiger partial charge in [0, 0.05) is 23.2 Å². The van der Waals surface area contributed by atoms with Crippen LogP contribution in [0.1, 0.15) is 29.3 Å². The molecule has 0 unspecified atom stereocenters. The summed E-state index contributed by atoms with van der Waals surface area (Å²) in [6.07, 6.45) is -12.5. The monoisotopic (exact) mass is 623 g/mol. The highest BCUT2D eigenvalue weighted by molar-refractivity contribution is 6.32. The SMILES string of the molecule is O=C(CCC(F)(F)F)c1nc(Cn2nc(-c3ccc(Cl)cc3)n(C[C@H](O)C(F)(F)F)c2=O)nn1-c1cnccc1Cl. The van der Waals surface area contributed by atoms with Gasteiger partial charge < -0.3 is 5.11 Å². The molecule has 0 aliphatic rings. The second-order valence-electron chi connectivity index (χ2n) is 8.57. The zero-order valence-electron chi connectivity index (χ0n) is 20.4. The molecule has 0 spiro atoms. The van der Waals surface area contributed by atoms with Crippen molar-refractivity contribution in [3.63, 3.8) is 0 Å². The Kier molecular flexibility index (Phi) is 8.56. The largest absolute Gasteiger partial charge is 0.416 e. The Morgan fingerprint density at radius 3 is 2.32 bits per heavy atom. The third-order valence-electron chi connectivity index (χ3n) is 5.56. The zero-order chi connectivity index (χ0) is 30.1. The molecule has 18 heteroatoms. The summed E-state index contributed by atoms with van der Waals surface area (Å²) < 4.78 is 79.7. The van der Waals surface area contributed by atoms with E-state index in [9.17, 15) is 41.0 Å². The normalized spacial score (nSPS) is 13.0. The van der Waals surface area contributed by atoms with E-state index in [1.54, 1.807) is 0 Å². The first kappa shape index (κ1) is 30.2. The summed E-state index contributed by atoms with van der Waals surface area (Å²) in [6, 6.07) is 6.92. The fraction of sp³-hybridized carbons (Fsp3) is 0.304. The van der Waals surface area contributed by atoms with Gasteiger partial charge in [-0.1, -0.05) is 23.2 Å². The maximum Gasteiger partial charge on any atom is 0.416 e. The van der Waals surface area contributed by atoms with Gasteiger partial charge in [-0.05, 0) is 30.3 Å². The Hall–Kier alpha value is -3.76. The molecule has 4 rings (SSSR count). The number of aliphatic hydroxyl groups is 1. The smallest absolute Gasteiger partial charge is 0.382 e. The highest BCUT2D eigenvalue weighted by Gasteiger charge is 2.39. The molecule has 0 aliphatic heterocycles. The second-order valence-corrected chi connectivity index (χ2v) is 9.41. The molecule has 3 heterocycles. The molecule has 1 atom stereocenters. The van der Waals surface area contributed by atoms with Crippen molar-refractivity contribution < 1.29 is 36.2 Å². The molecule has 0 radical (unpaired) electrons. The molecule has 0 saturated carbocycles. The molecule has 3 aromatic heterocycles. The van der Waals surface area contributed by atoms with Gasteiger partial charge >= 0.3 is 18.0 Å². The van der Waals surface area contributed by atoms with Gasteiger partial charge in [0.1, 0.15) is 12.2 Å². The highest BCUT2D eigenvalue weighted by atomic mass is 35.5. The minimum Gasteiger partial charge on any atom is -0.382 e. The second kappa shape index (κ2) is 11.6. The third-order valence-corrected chi connectivity index (χ3v) is 6.13.